The molecule has 0 fully saturated rings. The standard InChI is InChI=1S/C16H22O/c1-12(17)10-16(2,3)11-15-9-13-6-4-5-7-14(15)8-13/h4-7,9,13-14H,8,10-11H2,1-3H3. The lowest BCUT2D eigenvalue weighted by Gasteiger charge is -2.26. The minimum atomic E-state index is 0.0988. The number of hydrogen-bond acceptors (Lipinski definition) is 1. The van der Waals surface area contributed by atoms with E-state index in [-0.39, 0.29) is 5.41 Å². The first-order chi connectivity index (χ1) is 7.96. The number of carbonyl (C=O) groups is 1. The van der Waals surface area contributed by atoms with Gasteiger partial charge in [-0.25, -0.2) is 0 Å². The normalized spacial score (nSPS) is 26.9. The van der Waals surface area contributed by atoms with E-state index >= 15 is 0 Å². The molecule has 0 aromatic heterocycles. The number of ketones is 1. The molecule has 0 amide bonds. The Hall–Kier alpha value is -1.11. The Kier molecular flexibility index (Phi) is 3.37. The van der Waals surface area contributed by atoms with Gasteiger partial charge >= 0.3 is 0 Å². The molecule has 2 unspecified atom stereocenters. The summed E-state index contributed by atoms with van der Waals surface area (Å²) in [5, 5.41) is 0. The summed E-state index contributed by atoms with van der Waals surface area (Å²) in [6, 6.07) is 0. The van der Waals surface area contributed by atoms with Crippen LogP contribution in [-0.2, 0) is 4.79 Å². The molecule has 0 saturated heterocycles. The SMILES string of the molecule is CC(=O)CC(C)(C)CC1=CC2C=CC=CC1C2. The van der Waals surface area contributed by atoms with Crippen molar-refractivity contribution in [2.45, 2.75) is 40.0 Å². The molecule has 92 valence electrons. The summed E-state index contributed by atoms with van der Waals surface area (Å²) in [6.45, 7) is 6.09. The first-order valence-corrected chi connectivity index (χ1v) is 6.51. The van der Waals surface area contributed by atoms with E-state index in [1.165, 1.54) is 12.0 Å². The second-order valence-electron chi connectivity index (χ2n) is 6.24. The smallest absolute Gasteiger partial charge is 0.130 e. The summed E-state index contributed by atoms with van der Waals surface area (Å²) in [5.74, 6) is 1.50. The van der Waals surface area contributed by atoms with Crippen LogP contribution in [-0.4, -0.2) is 5.78 Å². The fraction of sp³-hybridized carbons (Fsp3) is 0.562. The van der Waals surface area contributed by atoms with Gasteiger partial charge in [0.15, 0.2) is 0 Å². The fourth-order valence-electron chi connectivity index (χ4n) is 3.13. The zero-order chi connectivity index (χ0) is 12.5. The minimum Gasteiger partial charge on any atom is -0.300 e. The lowest BCUT2D eigenvalue weighted by molar-refractivity contribution is -0.118. The Labute approximate surface area is 104 Å². The average molecular weight is 230 g/mol. The Morgan fingerprint density at radius 3 is 2.76 bits per heavy atom. The van der Waals surface area contributed by atoms with Crippen LogP contribution < -0.4 is 0 Å². The number of fused-ring (bicyclic) bond motifs is 2. The predicted octanol–water partition coefficient (Wildman–Crippen LogP) is 4.07. The molecule has 0 N–H and O–H groups in total. The third-order valence-electron chi connectivity index (χ3n) is 3.65. The van der Waals surface area contributed by atoms with Crippen molar-refractivity contribution in [1.29, 1.82) is 0 Å². The maximum absolute atomic E-state index is 11.3. The predicted molar refractivity (Wildman–Crippen MR) is 71.7 cm³/mol. The quantitative estimate of drug-likeness (QED) is 0.665. The van der Waals surface area contributed by atoms with E-state index in [1.54, 1.807) is 6.92 Å². The first kappa shape index (κ1) is 12.3. The number of carbonyl (C=O) groups excluding carboxylic acids is 1. The van der Waals surface area contributed by atoms with Crippen molar-refractivity contribution in [3.8, 4) is 0 Å². The Bertz CT molecular complexity index is 396. The van der Waals surface area contributed by atoms with E-state index in [2.05, 4.69) is 44.2 Å². The number of allylic oxidation sites excluding steroid dienone is 6. The van der Waals surface area contributed by atoms with E-state index < -0.39 is 0 Å². The topological polar surface area (TPSA) is 17.1 Å². The molecule has 2 aliphatic rings. The van der Waals surface area contributed by atoms with Crippen molar-refractivity contribution >= 4 is 5.78 Å². The highest BCUT2D eigenvalue weighted by Crippen LogP contribution is 2.41. The fourth-order valence-corrected chi connectivity index (χ4v) is 3.13. The summed E-state index contributed by atoms with van der Waals surface area (Å²) >= 11 is 0. The molecule has 0 aromatic rings. The second kappa shape index (κ2) is 4.64. The number of rotatable bonds is 4. The lowest BCUT2D eigenvalue weighted by Crippen LogP contribution is -2.17. The van der Waals surface area contributed by atoms with Crippen LogP contribution in [0, 0.1) is 17.3 Å². The third-order valence-corrected chi connectivity index (χ3v) is 3.65. The molecule has 2 aliphatic carbocycles. The summed E-state index contributed by atoms with van der Waals surface area (Å²) in [5.41, 5.74) is 1.63. The highest BCUT2D eigenvalue weighted by molar-refractivity contribution is 5.76. The molecule has 2 rings (SSSR count). The van der Waals surface area contributed by atoms with E-state index in [0.29, 0.717) is 24.0 Å². The van der Waals surface area contributed by atoms with Crippen LogP contribution in [0.25, 0.3) is 0 Å². The molecule has 0 spiro atoms. The average Bonchev–Trinajstić information content (AvgIpc) is 2.41. The van der Waals surface area contributed by atoms with Gasteiger partial charge in [-0.15, -0.1) is 0 Å². The van der Waals surface area contributed by atoms with Gasteiger partial charge in [0, 0.05) is 6.42 Å². The zero-order valence-electron chi connectivity index (χ0n) is 11.1. The molecular formula is C16H22O. The first-order valence-electron chi connectivity index (χ1n) is 6.51. The lowest BCUT2D eigenvalue weighted by atomic mass is 9.79. The molecule has 1 nitrogen and oxygen atoms in total. The Balaban J connectivity index is 2.07. The molecular weight excluding hydrogens is 208 g/mol. The monoisotopic (exact) mass is 230 g/mol. The van der Waals surface area contributed by atoms with Gasteiger partial charge in [0.2, 0.25) is 0 Å². The highest BCUT2D eigenvalue weighted by Gasteiger charge is 2.29. The van der Waals surface area contributed by atoms with Gasteiger partial charge < -0.3 is 4.79 Å². The van der Waals surface area contributed by atoms with Crippen molar-refractivity contribution in [3.63, 3.8) is 0 Å². The van der Waals surface area contributed by atoms with Crippen LogP contribution in [0.5, 0.6) is 0 Å². The minimum absolute atomic E-state index is 0.0988. The second-order valence-corrected chi connectivity index (χ2v) is 6.24. The van der Waals surface area contributed by atoms with Crippen molar-refractivity contribution in [3.05, 3.63) is 36.0 Å². The molecule has 0 saturated carbocycles. The van der Waals surface area contributed by atoms with Gasteiger partial charge in [0.05, 0.1) is 0 Å². The summed E-state index contributed by atoms with van der Waals surface area (Å²) < 4.78 is 0. The van der Waals surface area contributed by atoms with Crippen LogP contribution >= 0.6 is 0 Å². The van der Waals surface area contributed by atoms with Gasteiger partial charge in [-0.2, -0.15) is 0 Å². The van der Waals surface area contributed by atoms with E-state index in [4.69, 9.17) is 0 Å². The molecule has 0 aliphatic heterocycles. The van der Waals surface area contributed by atoms with Crippen LogP contribution in [0.3, 0.4) is 0 Å². The van der Waals surface area contributed by atoms with Crippen LogP contribution in [0.2, 0.25) is 0 Å². The number of hydrogen-bond donors (Lipinski definition) is 0. The van der Waals surface area contributed by atoms with Gasteiger partial charge in [0.1, 0.15) is 5.78 Å². The van der Waals surface area contributed by atoms with Gasteiger partial charge in [0.25, 0.3) is 0 Å². The van der Waals surface area contributed by atoms with Crippen LogP contribution in [0.15, 0.2) is 36.0 Å². The summed E-state index contributed by atoms with van der Waals surface area (Å²) in [6.07, 6.45) is 14.3. The number of Topliss-reactive ketones (excluding diaryl/α,β-unsaturated/α-hetero) is 1. The van der Waals surface area contributed by atoms with Crippen LogP contribution in [0.1, 0.15) is 40.0 Å². The summed E-state index contributed by atoms with van der Waals surface area (Å²) in [7, 11) is 0. The molecule has 17 heavy (non-hydrogen) atoms. The molecule has 2 bridgehead atoms. The van der Waals surface area contributed by atoms with Crippen molar-refractivity contribution < 1.29 is 4.79 Å². The molecule has 0 heterocycles. The highest BCUT2D eigenvalue weighted by atomic mass is 16.1. The van der Waals surface area contributed by atoms with Crippen LogP contribution in [0.4, 0.5) is 0 Å². The zero-order valence-corrected chi connectivity index (χ0v) is 11.1. The van der Waals surface area contributed by atoms with Gasteiger partial charge in [-0.3, -0.25) is 0 Å². The molecule has 0 aromatic carbocycles. The van der Waals surface area contributed by atoms with Crippen molar-refractivity contribution in [1.82, 2.24) is 0 Å². The van der Waals surface area contributed by atoms with Gasteiger partial charge in [-0.1, -0.05) is 49.8 Å². The Morgan fingerprint density at radius 2 is 2.06 bits per heavy atom. The van der Waals surface area contributed by atoms with E-state index in [0.717, 1.165) is 6.42 Å². The van der Waals surface area contributed by atoms with Crippen molar-refractivity contribution in [2.75, 3.05) is 0 Å². The van der Waals surface area contributed by atoms with Gasteiger partial charge in [-0.05, 0) is 37.0 Å². The Morgan fingerprint density at radius 1 is 1.35 bits per heavy atom. The van der Waals surface area contributed by atoms with Crippen molar-refractivity contribution in [2.24, 2.45) is 17.3 Å². The third kappa shape index (κ3) is 3.18. The van der Waals surface area contributed by atoms with E-state index in [1.807, 2.05) is 0 Å². The maximum Gasteiger partial charge on any atom is 0.130 e. The molecule has 2 atom stereocenters. The van der Waals surface area contributed by atoms with E-state index in [9.17, 15) is 4.79 Å². The molecule has 1 heteroatoms. The summed E-state index contributed by atoms with van der Waals surface area (Å²) in [4.78, 5) is 11.3. The largest absolute Gasteiger partial charge is 0.300 e. The molecule has 0 radical (unpaired) electrons. The maximum atomic E-state index is 11.3.